The van der Waals surface area contributed by atoms with E-state index in [1.54, 1.807) is 6.07 Å². The summed E-state index contributed by atoms with van der Waals surface area (Å²) < 4.78 is 20.8. The third kappa shape index (κ3) is 4.36. The topological polar surface area (TPSA) is 68.2 Å². The second-order valence-electron chi connectivity index (χ2n) is 5.32. The van der Waals surface area contributed by atoms with Crippen LogP contribution in [-0.4, -0.2) is 47.8 Å². The lowest BCUT2D eigenvalue weighted by molar-refractivity contribution is -0.125. The van der Waals surface area contributed by atoms with Gasteiger partial charge in [-0.25, -0.2) is 9.37 Å². The van der Waals surface area contributed by atoms with Gasteiger partial charge in [0.1, 0.15) is 17.4 Å². The minimum atomic E-state index is -0.327. The summed E-state index contributed by atoms with van der Waals surface area (Å²) in [5.74, 6) is 0.338. The van der Waals surface area contributed by atoms with Gasteiger partial charge in [-0.15, -0.1) is 24.8 Å². The summed E-state index contributed by atoms with van der Waals surface area (Å²) in [6, 6.07) is 4.60. The highest BCUT2D eigenvalue weighted by Crippen LogP contribution is 2.17. The number of aryl methyl sites for hydroxylation is 1. The molecule has 1 aromatic heterocycles. The van der Waals surface area contributed by atoms with Crippen LogP contribution in [0.25, 0.3) is 11.0 Å². The minimum Gasteiger partial charge on any atom is -0.378 e. The normalized spacial score (nSPS) is 17.0. The number of halogens is 3. The van der Waals surface area contributed by atoms with Crippen molar-refractivity contribution in [1.29, 1.82) is 0 Å². The van der Waals surface area contributed by atoms with E-state index in [-0.39, 0.29) is 42.6 Å². The fourth-order valence-corrected chi connectivity index (χ4v) is 2.61. The van der Waals surface area contributed by atoms with Crippen LogP contribution < -0.4 is 10.6 Å². The van der Waals surface area contributed by atoms with Gasteiger partial charge in [-0.3, -0.25) is 4.79 Å². The number of hydrogen-bond acceptors (Lipinski definition) is 4. The van der Waals surface area contributed by atoms with Gasteiger partial charge in [0, 0.05) is 26.6 Å². The molecule has 1 atom stereocenters. The van der Waals surface area contributed by atoms with Crippen molar-refractivity contribution in [2.45, 2.75) is 12.5 Å². The number of nitrogens with one attached hydrogen (secondary N) is 2. The van der Waals surface area contributed by atoms with E-state index in [4.69, 9.17) is 4.74 Å². The third-order valence-electron chi connectivity index (χ3n) is 3.84. The second-order valence-corrected chi connectivity index (χ2v) is 5.32. The zero-order chi connectivity index (χ0) is 15.5. The molecule has 1 fully saturated rings. The number of imidazole rings is 1. The van der Waals surface area contributed by atoms with Gasteiger partial charge in [0.15, 0.2) is 5.82 Å². The molecule has 24 heavy (non-hydrogen) atoms. The molecule has 1 aliphatic rings. The summed E-state index contributed by atoms with van der Waals surface area (Å²) in [5.41, 5.74) is 1.12. The quantitative estimate of drug-likeness (QED) is 0.838. The molecule has 1 aromatic carbocycles. The van der Waals surface area contributed by atoms with Gasteiger partial charge in [0.25, 0.3) is 0 Å². The Bertz CT molecular complexity index is 689. The van der Waals surface area contributed by atoms with Crippen LogP contribution in [0.5, 0.6) is 0 Å². The third-order valence-corrected chi connectivity index (χ3v) is 3.84. The largest absolute Gasteiger partial charge is 0.378 e. The highest BCUT2D eigenvalue weighted by Gasteiger charge is 2.20. The van der Waals surface area contributed by atoms with Gasteiger partial charge >= 0.3 is 0 Å². The number of ether oxygens (including phenoxy) is 1. The zero-order valence-electron chi connectivity index (χ0n) is 13.3. The molecule has 3 rings (SSSR count). The molecule has 0 spiro atoms. The van der Waals surface area contributed by atoms with E-state index < -0.39 is 0 Å². The monoisotopic (exact) mass is 378 g/mol. The van der Waals surface area contributed by atoms with Crippen molar-refractivity contribution in [2.75, 3.05) is 26.3 Å². The summed E-state index contributed by atoms with van der Waals surface area (Å²) >= 11 is 0. The van der Waals surface area contributed by atoms with Crippen LogP contribution in [-0.2, 0) is 23.0 Å². The van der Waals surface area contributed by atoms with E-state index in [2.05, 4.69) is 15.6 Å². The number of nitrogens with zero attached hydrogens (tertiary/aromatic N) is 2. The summed E-state index contributed by atoms with van der Waals surface area (Å²) in [4.78, 5) is 16.3. The Balaban J connectivity index is 0.00000144. The molecule has 1 aliphatic heterocycles. The first-order chi connectivity index (χ1) is 10.7. The molecule has 0 aliphatic carbocycles. The molecule has 1 amide bonds. The summed E-state index contributed by atoms with van der Waals surface area (Å²) in [7, 11) is 1.85. The van der Waals surface area contributed by atoms with Gasteiger partial charge < -0.3 is 19.9 Å². The predicted octanol–water partition coefficient (Wildman–Crippen LogP) is 1.20. The van der Waals surface area contributed by atoms with Crippen LogP contribution in [0, 0.1) is 5.82 Å². The Hall–Kier alpha value is -1.41. The first-order valence-corrected chi connectivity index (χ1v) is 7.35. The number of carbonyl (C=O) groups excluding carboxylic acids is 1. The fraction of sp³-hybridized carbons (Fsp3) is 0.467. The standard InChI is InChI=1S/C15H19FN4O2.2ClH/c1-20-12-4-2-3-10(16)14(12)19-13(20)5-6-18-15(21)11-9-22-8-7-17-11;;/h2-4,11,17H,5-9H2,1H3,(H,18,21);2*1H. The number of aromatic nitrogens is 2. The number of carbonyl (C=O) groups is 1. The number of amides is 1. The summed E-state index contributed by atoms with van der Waals surface area (Å²) in [6.45, 7) is 2.16. The van der Waals surface area contributed by atoms with Crippen molar-refractivity contribution in [2.24, 2.45) is 7.05 Å². The maximum atomic E-state index is 13.7. The summed E-state index contributed by atoms with van der Waals surface area (Å²) in [6.07, 6.45) is 0.546. The molecule has 2 N–H and O–H groups in total. The molecule has 2 aromatic rings. The minimum absolute atomic E-state index is 0. The van der Waals surface area contributed by atoms with Gasteiger partial charge in [0.2, 0.25) is 5.91 Å². The Kier molecular flexibility index (Phi) is 7.89. The Labute approximate surface area is 152 Å². The average molecular weight is 379 g/mol. The lowest BCUT2D eigenvalue weighted by Gasteiger charge is -2.22. The van der Waals surface area contributed by atoms with Crippen molar-refractivity contribution in [3.8, 4) is 0 Å². The van der Waals surface area contributed by atoms with Gasteiger partial charge in [-0.1, -0.05) is 6.07 Å². The van der Waals surface area contributed by atoms with Crippen LogP contribution in [0.1, 0.15) is 5.82 Å². The lowest BCUT2D eigenvalue weighted by Crippen LogP contribution is -2.51. The molecule has 0 bridgehead atoms. The second kappa shape index (κ2) is 9.17. The van der Waals surface area contributed by atoms with Crippen LogP contribution >= 0.6 is 24.8 Å². The van der Waals surface area contributed by atoms with E-state index in [1.165, 1.54) is 6.07 Å². The number of hydrogen-bond donors (Lipinski definition) is 2. The first-order valence-electron chi connectivity index (χ1n) is 7.35. The average Bonchev–Trinajstić information content (AvgIpc) is 2.86. The Morgan fingerprint density at radius 1 is 1.50 bits per heavy atom. The van der Waals surface area contributed by atoms with E-state index in [0.29, 0.717) is 38.2 Å². The number of morpholine rings is 1. The van der Waals surface area contributed by atoms with E-state index in [0.717, 1.165) is 11.3 Å². The SMILES string of the molecule is Cl.Cl.Cn1c(CCNC(=O)C2COCCN2)nc2c(F)cccc21. The highest BCUT2D eigenvalue weighted by atomic mass is 35.5. The Morgan fingerprint density at radius 3 is 2.96 bits per heavy atom. The molecule has 1 saturated heterocycles. The number of fused-ring (bicyclic) bond motifs is 1. The smallest absolute Gasteiger partial charge is 0.239 e. The molecule has 1 unspecified atom stereocenters. The van der Waals surface area contributed by atoms with Crippen LogP contribution in [0.4, 0.5) is 4.39 Å². The van der Waals surface area contributed by atoms with Crippen molar-refractivity contribution >= 4 is 41.8 Å². The molecule has 2 heterocycles. The van der Waals surface area contributed by atoms with E-state index >= 15 is 0 Å². The molecule has 0 saturated carbocycles. The Morgan fingerprint density at radius 2 is 2.29 bits per heavy atom. The number of rotatable bonds is 4. The molecule has 9 heteroatoms. The van der Waals surface area contributed by atoms with Crippen molar-refractivity contribution in [3.63, 3.8) is 0 Å². The number of benzene rings is 1. The molecule has 0 radical (unpaired) electrons. The van der Waals surface area contributed by atoms with Crippen LogP contribution in [0.15, 0.2) is 18.2 Å². The molecule has 6 nitrogen and oxygen atoms in total. The number of para-hydroxylation sites is 1. The molecular formula is C15H21Cl2FN4O2. The van der Waals surface area contributed by atoms with E-state index in [9.17, 15) is 9.18 Å². The molecular weight excluding hydrogens is 358 g/mol. The summed E-state index contributed by atoms with van der Waals surface area (Å²) in [5, 5.41) is 5.96. The van der Waals surface area contributed by atoms with Crippen LogP contribution in [0.3, 0.4) is 0 Å². The van der Waals surface area contributed by atoms with Crippen LogP contribution in [0.2, 0.25) is 0 Å². The van der Waals surface area contributed by atoms with Crippen molar-refractivity contribution in [1.82, 2.24) is 20.2 Å². The van der Waals surface area contributed by atoms with Gasteiger partial charge in [0.05, 0.1) is 18.7 Å². The van der Waals surface area contributed by atoms with Gasteiger partial charge in [-0.05, 0) is 12.1 Å². The lowest BCUT2D eigenvalue weighted by atomic mass is 10.2. The predicted molar refractivity (Wildman–Crippen MR) is 94.5 cm³/mol. The van der Waals surface area contributed by atoms with E-state index in [1.807, 2.05) is 17.7 Å². The fourth-order valence-electron chi connectivity index (χ4n) is 2.61. The first kappa shape index (κ1) is 20.6. The maximum absolute atomic E-state index is 13.7. The van der Waals surface area contributed by atoms with Crippen molar-refractivity contribution < 1.29 is 13.9 Å². The zero-order valence-corrected chi connectivity index (χ0v) is 14.9. The highest BCUT2D eigenvalue weighted by molar-refractivity contribution is 5.85. The maximum Gasteiger partial charge on any atom is 0.239 e. The molecule has 134 valence electrons. The van der Waals surface area contributed by atoms with Crippen molar-refractivity contribution in [3.05, 3.63) is 29.8 Å². The van der Waals surface area contributed by atoms with Gasteiger partial charge in [-0.2, -0.15) is 0 Å².